The first-order valence-electron chi connectivity index (χ1n) is 6.99. The molecule has 1 fully saturated rings. The van der Waals surface area contributed by atoms with E-state index >= 15 is 0 Å². The number of carbonyl (C=O) groups is 1. The van der Waals surface area contributed by atoms with E-state index in [-0.39, 0.29) is 17.3 Å². The van der Waals surface area contributed by atoms with E-state index < -0.39 is 16.8 Å². The summed E-state index contributed by atoms with van der Waals surface area (Å²) in [5.41, 5.74) is -0.418. The summed E-state index contributed by atoms with van der Waals surface area (Å²) in [5.74, 6) is -0.523. The van der Waals surface area contributed by atoms with E-state index in [0.29, 0.717) is 12.3 Å². The first-order valence-corrected chi connectivity index (χ1v) is 6.99. The normalized spacial score (nSPS) is 21.8. The van der Waals surface area contributed by atoms with Crippen LogP contribution in [-0.2, 0) is 4.79 Å². The molecule has 1 aliphatic rings. The van der Waals surface area contributed by atoms with Gasteiger partial charge in [0.15, 0.2) is 0 Å². The van der Waals surface area contributed by atoms with Gasteiger partial charge in [0.1, 0.15) is 11.5 Å². The third kappa shape index (κ3) is 3.75. The highest BCUT2D eigenvalue weighted by atomic mass is 19.1. The molecule has 2 atom stereocenters. The number of benzene rings is 1. The zero-order chi connectivity index (χ0) is 15.4. The van der Waals surface area contributed by atoms with Gasteiger partial charge in [-0.25, -0.2) is 4.39 Å². The topological polar surface area (TPSA) is 84.3 Å². The van der Waals surface area contributed by atoms with Gasteiger partial charge in [0.25, 0.3) is 5.69 Å². The van der Waals surface area contributed by atoms with Crippen molar-refractivity contribution < 1.29 is 14.1 Å². The molecule has 0 aromatic heterocycles. The number of nitro benzene ring substituents is 1. The number of hydrogen-bond acceptors (Lipinski definition) is 4. The largest absolute Gasteiger partial charge is 0.319 e. The zero-order valence-corrected chi connectivity index (χ0v) is 11.8. The van der Waals surface area contributed by atoms with Crippen LogP contribution in [0.3, 0.4) is 0 Å². The van der Waals surface area contributed by atoms with Crippen molar-refractivity contribution >= 4 is 17.3 Å². The molecule has 1 aromatic rings. The molecule has 0 radical (unpaired) electrons. The Balaban J connectivity index is 2.12. The Morgan fingerprint density at radius 2 is 2.33 bits per heavy atom. The summed E-state index contributed by atoms with van der Waals surface area (Å²) in [6.07, 6.45) is 2.69. The smallest absolute Gasteiger partial charge is 0.292 e. The highest BCUT2D eigenvalue weighted by molar-refractivity contribution is 5.96. The predicted octanol–water partition coefficient (Wildman–Crippen LogP) is 2.45. The van der Waals surface area contributed by atoms with Gasteiger partial charge in [-0.2, -0.15) is 0 Å². The SMILES string of the molecule is CCC1CCNC(C(=O)Nc2cc(F)ccc2[N+](=O)[O-])C1. The third-order valence-electron chi connectivity index (χ3n) is 3.82. The molecule has 0 aliphatic carbocycles. The average molecular weight is 295 g/mol. The number of halogens is 1. The lowest BCUT2D eigenvalue weighted by Gasteiger charge is -2.28. The Labute approximate surface area is 121 Å². The van der Waals surface area contributed by atoms with Crippen LogP contribution < -0.4 is 10.6 Å². The number of amides is 1. The summed E-state index contributed by atoms with van der Waals surface area (Å²) < 4.78 is 13.2. The zero-order valence-electron chi connectivity index (χ0n) is 11.8. The molecular formula is C14H18FN3O3. The third-order valence-corrected chi connectivity index (χ3v) is 3.82. The van der Waals surface area contributed by atoms with Crippen LogP contribution in [0.25, 0.3) is 0 Å². The summed E-state index contributed by atoms with van der Waals surface area (Å²) >= 11 is 0. The number of nitro groups is 1. The van der Waals surface area contributed by atoms with E-state index in [0.717, 1.165) is 37.6 Å². The molecule has 114 valence electrons. The fraction of sp³-hybridized carbons (Fsp3) is 0.500. The summed E-state index contributed by atoms with van der Waals surface area (Å²) in [6, 6.07) is 2.62. The Kier molecular flexibility index (Phi) is 4.85. The van der Waals surface area contributed by atoms with Crippen LogP contribution in [0.5, 0.6) is 0 Å². The van der Waals surface area contributed by atoms with E-state index in [9.17, 15) is 19.3 Å². The molecule has 1 aromatic carbocycles. The Morgan fingerprint density at radius 3 is 3.00 bits per heavy atom. The molecule has 2 N–H and O–H groups in total. The first kappa shape index (κ1) is 15.4. The highest BCUT2D eigenvalue weighted by Crippen LogP contribution is 2.26. The molecule has 0 bridgehead atoms. The molecule has 0 saturated carbocycles. The average Bonchev–Trinajstić information content (AvgIpc) is 2.47. The van der Waals surface area contributed by atoms with Crippen LogP contribution in [0.2, 0.25) is 0 Å². The van der Waals surface area contributed by atoms with Crippen molar-refractivity contribution in [3.63, 3.8) is 0 Å². The molecule has 1 amide bonds. The quantitative estimate of drug-likeness (QED) is 0.660. The van der Waals surface area contributed by atoms with Crippen molar-refractivity contribution in [3.8, 4) is 0 Å². The lowest BCUT2D eigenvalue weighted by Crippen LogP contribution is -2.46. The van der Waals surface area contributed by atoms with E-state index in [1.807, 2.05) is 0 Å². The van der Waals surface area contributed by atoms with Crippen LogP contribution in [0, 0.1) is 21.8 Å². The molecule has 0 spiro atoms. The summed E-state index contributed by atoms with van der Waals surface area (Å²) in [6.45, 7) is 2.81. The van der Waals surface area contributed by atoms with Crippen molar-refractivity contribution in [2.75, 3.05) is 11.9 Å². The van der Waals surface area contributed by atoms with Crippen LogP contribution in [0.4, 0.5) is 15.8 Å². The molecule has 21 heavy (non-hydrogen) atoms. The number of piperidine rings is 1. The van der Waals surface area contributed by atoms with Gasteiger partial charge in [-0.3, -0.25) is 14.9 Å². The maximum absolute atomic E-state index is 13.2. The molecule has 1 saturated heterocycles. The van der Waals surface area contributed by atoms with Crippen LogP contribution >= 0.6 is 0 Å². The standard InChI is InChI=1S/C14H18FN3O3/c1-2-9-5-6-16-12(7-9)14(19)17-11-8-10(15)3-4-13(11)18(20)21/h3-4,8-9,12,16H,2,5-7H2,1H3,(H,17,19). The van der Waals surface area contributed by atoms with Gasteiger partial charge in [0.05, 0.1) is 11.0 Å². The Bertz CT molecular complexity index is 550. The minimum Gasteiger partial charge on any atom is -0.319 e. The lowest BCUT2D eigenvalue weighted by molar-refractivity contribution is -0.384. The van der Waals surface area contributed by atoms with Crippen LogP contribution in [0.15, 0.2) is 18.2 Å². The van der Waals surface area contributed by atoms with Crippen LogP contribution in [0.1, 0.15) is 26.2 Å². The second-order valence-corrected chi connectivity index (χ2v) is 5.21. The molecule has 1 aliphatic heterocycles. The molecule has 2 unspecified atom stereocenters. The summed E-state index contributed by atoms with van der Waals surface area (Å²) in [5, 5.41) is 16.5. The van der Waals surface area contributed by atoms with Crippen molar-refractivity contribution in [2.24, 2.45) is 5.92 Å². The Hall–Kier alpha value is -2.02. The number of hydrogen-bond donors (Lipinski definition) is 2. The molecular weight excluding hydrogens is 277 g/mol. The van der Waals surface area contributed by atoms with Crippen molar-refractivity contribution in [1.82, 2.24) is 5.32 Å². The van der Waals surface area contributed by atoms with E-state index in [1.54, 1.807) is 0 Å². The lowest BCUT2D eigenvalue weighted by atomic mass is 9.90. The summed E-state index contributed by atoms with van der Waals surface area (Å²) in [7, 11) is 0. The number of carbonyl (C=O) groups excluding carboxylic acids is 1. The minimum atomic E-state index is -0.641. The molecule has 1 heterocycles. The molecule has 6 nitrogen and oxygen atoms in total. The van der Waals surface area contributed by atoms with E-state index in [2.05, 4.69) is 17.6 Å². The first-order chi connectivity index (χ1) is 10.0. The van der Waals surface area contributed by atoms with Gasteiger partial charge < -0.3 is 10.6 Å². The van der Waals surface area contributed by atoms with Gasteiger partial charge in [-0.05, 0) is 31.4 Å². The van der Waals surface area contributed by atoms with Gasteiger partial charge in [-0.15, -0.1) is 0 Å². The van der Waals surface area contributed by atoms with E-state index in [4.69, 9.17) is 0 Å². The van der Waals surface area contributed by atoms with Crippen molar-refractivity contribution in [3.05, 3.63) is 34.1 Å². The number of anilines is 1. The highest BCUT2D eigenvalue weighted by Gasteiger charge is 2.27. The maximum atomic E-state index is 13.2. The number of rotatable bonds is 4. The number of nitrogens with zero attached hydrogens (tertiary/aromatic N) is 1. The van der Waals surface area contributed by atoms with Gasteiger partial charge >= 0.3 is 0 Å². The molecule has 7 heteroatoms. The second kappa shape index (κ2) is 6.62. The monoisotopic (exact) mass is 295 g/mol. The second-order valence-electron chi connectivity index (χ2n) is 5.21. The predicted molar refractivity (Wildman–Crippen MR) is 76.5 cm³/mol. The number of nitrogens with one attached hydrogen (secondary N) is 2. The minimum absolute atomic E-state index is 0.106. The van der Waals surface area contributed by atoms with Crippen molar-refractivity contribution in [1.29, 1.82) is 0 Å². The maximum Gasteiger partial charge on any atom is 0.292 e. The van der Waals surface area contributed by atoms with Gasteiger partial charge in [0.2, 0.25) is 5.91 Å². The summed E-state index contributed by atoms with van der Waals surface area (Å²) in [4.78, 5) is 22.5. The van der Waals surface area contributed by atoms with Gasteiger partial charge in [0, 0.05) is 12.1 Å². The van der Waals surface area contributed by atoms with E-state index in [1.165, 1.54) is 0 Å². The fourth-order valence-corrected chi connectivity index (χ4v) is 2.55. The van der Waals surface area contributed by atoms with Gasteiger partial charge in [-0.1, -0.05) is 13.3 Å². The Morgan fingerprint density at radius 1 is 1.57 bits per heavy atom. The van der Waals surface area contributed by atoms with Crippen LogP contribution in [-0.4, -0.2) is 23.4 Å². The fourth-order valence-electron chi connectivity index (χ4n) is 2.55. The van der Waals surface area contributed by atoms with Crippen molar-refractivity contribution in [2.45, 2.75) is 32.2 Å². The molecule has 2 rings (SSSR count).